The Morgan fingerprint density at radius 1 is 1.33 bits per heavy atom. The zero-order valence-corrected chi connectivity index (χ0v) is 11.0. The van der Waals surface area contributed by atoms with Crippen LogP contribution in [0.4, 0.5) is 11.4 Å². The molecule has 0 saturated carbocycles. The number of amides is 1. The molecule has 0 radical (unpaired) electrons. The van der Waals surface area contributed by atoms with Gasteiger partial charge in [-0.05, 0) is 30.4 Å². The Labute approximate surface area is 108 Å². The van der Waals surface area contributed by atoms with Crippen LogP contribution in [0.2, 0.25) is 0 Å². The van der Waals surface area contributed by atoms with Crippen LogP contribution in [0.15, 0.2) is 18.2 Å². The first-order valence-corrected chi connectivity index (χ1v) is 6.44. The number of anilines is 2. The average molecular weight is 247 g/mol. The van der Waals surface area contributed by atoms with Gasteiger partial charge in [0.25, 0.3) is 5.91 Å². The van der Waals surface area contributed by atoms with Crippen molar-refractivity contribution in [3.63, 3.8) is 0 Å². The fourth-order valence-electron chi connectivity index (χ4n) is 2.58. The van der Waals surface area contributed by atoms with Crippen LogP contribution in [0.3, 0.4) is 0 Å². The summed E-state index contributed by atoms with van der Waals surface area (Å²) in [6.45, 7) is 6.36. The summed E-state index contributed by atoms with van der Waals surface area (Å²) in [6, 6.07) is 5.34. The van der Waals surface area contributed by atoms with Crippen LogP contribution in [-0.2, 0) is 0 Å². The number of carbonyl (C=O) groups is 1. The first kappa shape index (κ1) is 12.7. The molecule has 4 nitrogen and oxygen atoms in total. The minimum atomic E-state index is -0.413. The summed E-state index contributed by atoms with van der Waals surface area (Å²) < 4.78 is 0. The Morgan fingerprint density at radius 2 is 2.06 bits per heavy atom. The third-order valence-corrected chi connectivity index (χ3v) is 3.98. The summed E-state index contributed by atoms with van der Waals surface area (Å²) in [5, 5.41) is 0. The van der Waals surface area contributed by atoms with Crippen molar-refractivity contribution in [3.05, 3.63) is 23.8 Å². The molecule has 4 N–H and O–H groups in total. The Balaban J connectivity index is 2.36. The molecule has 4 heteroatoms. The lowest BCUT2D eigenvalue weighted by molar-refractivity contribution is 0.100. The van der Waals surface area contributed by atoms with E-state index in [2.05, 4.69) is 18.7 Å². The van der Waals surface area contributed by atoms with Crippen LogP contribution >= 0.6 is 0 Å². The second-order valence-corrected chi connectivity index (χ2v) is 5.30. The highest BCUT2D eigenvalue weighted by Gasteiger charge is 2.26. The van der Waals surface area contributed by atoms with Crippen molar-refractivity contribution >= 4 is 17.3 Å². The van der Waals surface area contributed by atoms with Crippen LogP contribution in [-0.4, -0.2) is 19.0 Å². The molecule has 1 aliphatic rings. The Hall–Kier alpha value is -1.71. The number of nitrogen functional groups attached to an aromatic ring is 1. The van der Waals surface area contributed by atoms with E-state index in [1.807, 2.05) is 6.07 Å². The lowest BCUT2D eigenvalue weighted by atomic mass is 9.88. The quantitative estimate of drug-likeness (QED) is 0.783. The van der Waals surface area contributed by atoms with Crippen LogP contribution in [0.1, 0.15) is 30.6 Å². The van der Waals surface area contributed by atoms with E-state index in [9.17, 15) is 4.79 Å². The number of benzene rings is 1. The summed E-state index contributed by atoms with van der Waals surface area (Å²) in [6.07, 6.45) is 1.12. The van der Waals surface area contributed by atoms with Gasteiger partial charge in [-0.25, -0.2) is 0 Å². The molecule has 0 aromatic heterocycles. The van der Waals surface area contributed by atoms with Crippen molar-refractivity contribution in [2.75, 3.05) is 23.7 Å². The zero-order chi connectivity index (χ0) is 13.3. The smallest absolute Gasteiger partial charge is 0.250 e. The maximum Gasteiger partial charge on any atom is 0.250 e. The number of hydrogen-bond donors (Lipinski definition) is 2. The molecular weight excluding hydrogens is 226 g/mol. The van der Waals surface area contributed by atoms with E-state index < -0.39 is 5.91 Å². The van der Waals surface area contributed by atoms with Crippen molar-refractivity contribution in [1.29, 1.82) is 0 Å². The molecule has 98 valence electrons. The summed E-state index contributed by atoms with van der Waals surface area (Å²) in [5.41, 5.74) is 13.4. The number of para-hydroxylation sites is 1. The van der Waals surface area contributed by atoms with E-state index in [-0.39, 0.29) is 0 Å². The molecule has 1 aromatic carbocycles. The van der Waals surface area contributed by atoms with Gasteiger partial charge < -0.3 is 16.4 Å². The standard InChI is InChI=1S/C14H21N3O/c1-9-6-7-17(8-10(9)2)13-11(14(16)18)4-3-5-12(13)15/h3-5,9-10H,6-8,15H2,1-2H3,(H2,16,18). The molecule has 1 heterocycles. The lowest BCUT2D eigenvalue weighted by Crippen LogP contribution is -2.39. The molecule has 2 unspecified atom stereocenters. The highest BCUT2D eigenvalue weighted by atomic mass is 16.1. The Bertz CT molecular complexity index is 458. The largest absolute Gasteiger partial charge is 0.397 e. The summed E-state index contributed by atoms with van der Waals surface area (Å²) >= 11 is 0. The van der Waals surface area contributed by atoms with Gasteiger partial charge >= 0.3 is 0 Å². The number of nitrogens with two attached hydrogens (primary N) is 2. The molecule has 1 aromatic rings. The Kier molecular flexibility index (Phi) is 3.45. The molecule has 2 atom stereocenters. The minimum absolute atomic E-state index is 0.413. The van der Waals surface area contributed by atoms with Crippen LogP contribution in [0, 0.1) is 11.8 Å². The molecule has 1 saturated heterocycles. The molecular formula is C14H21N3O. The van der Waals surface area contributed by atoms with Crippen molar-refractivity contribution < 1.29 is 4.79 Å². The van der Waals surface area contributed by atoms with E-state index in [0.29, 0.717) is 23.1 Å². The topological polar surface area (TPSA) is 72.3 Å². The first-order chi connectivity index (χ1) is 8.50. The van der Waals surface area contributed by atoms with E-state index >= 15 is 0 Å². The predicted octanol–water partition coefficient (Wildman–Crippen LogP) is 1.85. The van der Waals surface area contributed by atoms with Crippen LogP contribution < -0.4 is 16.4 Å². The second kappa shape index (κ2) is 4.88. The monoisotopic (exact) mass is 247 g/mol. The van der Waals surface area contributed by atoms with Crippen molar-refractivity contribution in [2.24, 2.45) is 17.6 Å². The van der Waals surface area contributed by atoms with Crippen LogP contribution in [0.25, 0.3) is 0 Å². The third-order valence-electron chi connectivity index (χ3n) is 3.98. The average Bonchev–Trinajstić information content (AvgIpc) is 2.32. The summed E-state index contributed by atoms with van der Waals surface area (Å²) in [4.78, 5) is 13.7. The fourth-order valence-corrected chi connectivity index (χ4v) is 2.58. The lowest BCUT2D eigenvalue weighted by Gasteiger charge is -2.38. The van der Waals surface area contributed by atoms with E-state index in [4.69, 9.17) is 11.5 Å². The van der Waals surface area contributed by atoms with Gasteiger partial charge in [0.15, 0.2) is 0 Å². The maximum absolute atomic E-state index is 11.5. The Morgan fingerprint density at radius 3 is 2.67 bits per heavy atom. The molecule has 18 heavy (non-hydrogen) atoms. The molecule has 1 fully saturated rings. The summed E-state index contributed by atoms with van der Waals surface area (Å²) in [7, 11) is 0. The zero-order valence-electron chi connectivity index (χ0n) is 11.0. The summed E-state index contributed by atoms with van der Waals surface area (Å²) in [5.74, 6) is 0.894. The SMILES string of the molecule is CC1CCN(c2c(N)cccc2C(N)=O)CC1C. The van der Waals surface area contributed by atoms with Gasteiger partial charge in [0.05, 0.1) is 16.9 Å². The normalized spacial score (nSPS) is 24.0. The number of primary amides is 1. The number of rotatable bonds is 2. The highest BCUT2D eigenvalue weighted by molar-refractivity contribution is 6.01. The van der Waals surface area contributed by atoms with E-state index in [1.165, 1.54) is 0 Å². The molecule has 1 aliphatic heterocycles. The van der Waals surface area contributed by atoms with Gasteiger partial charge in [0.2, 0.25) is 0 Å². The molecule has 0 aliphatic carbocycles. The van der Waals surface area contributed by atoms with Crippen molar-refractivity contribution in [2.45, 2.75) is 20.3 Å². The molecule has 2 rings (SSSR count). The first-order valence-electron chi connectivity index (χ1n) is 6.44. The van der Waals surface area contributed by atoms with Crippen molar-refractivity contribution in [3.8, 4) is 0 Å². The van der Waals surface area contributed by atoms with Gasteiger partial charge in [0.1, 0.15) is 0 Å². The number of piperidine rings is 1. The molecule has 1 amide bonds. The maximum atomic E-state index is 11.5. The highest BCUT2D eigenvalue weighted by Crippen LogP contribution is 2.33. The minimum Gasteiger partial charge on any atom is -0.397 e. The van der Waals surface area contributed by atoms with Gasteiger partial charge in [-0.2, -0.15) is 0 Å². The van der Waals surface area contributed by atoms with E-state index in [0.717, 1.165) is 25.2 Å². The molecule has 0 bridgehead atoms. The van der Waals surface area contributed by atoms with Crippen molar-refractivity contribution in [1.82, 2.24) is 0 Å². The number of hydrogen-bond acceptors (Lipinski definition) is 3. The number of carbonyl (C=O) groups excluding carboxylic acids is 1. The second-order valence-electron chi connectivity index (χ2n) is 5.30. The van der Waals surface area contributed by atoms with Gasteiger partial charge in [-0.3, -0.25) is 4.79 Å². The van der Waals surface area contributed by atoms with Gasteiger partial charge in [-0.1, -0.05) is 19.9 Å². The van der Waals surface area contributed by atoms with Crippen LogP contribution in [0.5, 0.6) is 0 Å². The number of nitrogens with zero attached hydrogens (tertiary/aromatic N) is 1. The van der Waals surface area contributed by atoms with E-state index in [1.54, 1.807) is 12.1 Å². The third kappa shape index (κ3) is 2.28. The predicted molar refractivity (Wildman–Crippen MR) is 74.5 cm³/mol. The van der Waals surface area contributed by atoms with Gasteiger partial charge in [0, 0.05) is 13.1 Å². The van der Waals surface area contributed by atoms with Gasteiger partial charge in [-0.15, -0.1) is 0 Å². The fraction of sp³-hybridized carbons (Fsp3) is 0.500. The molecule has 0 spiro atoms.